The monoisotopic (exact) mass is 421 g/mol. The molecule has 0 fully saturated rings. The van der Waals surface area contributed by atoms with Gasteiger partial charge in [0.05, 0.1) is 12.0 Å². The van der Waals surface area contributed by atoms with E-state index in [1.807, 2.05) is 13.8 Å². The molecule has 1 aromatic carbocycles. The Morgan fingerprint density at radius 1 is 0.867 bits per heavy atom. The van der Waals surface area contributed by atoms with Gasteiger partial charge < -0.3 is 26.2 Å². The van der Waals surface area contributed by atoms with Crippen LogP contribution in [0, 0.1) is 5.92 Å². The van der Waals surface area contributed by atoms with Crippen molar-refractivity contribution in [1.29, 1.82) is 0 Å². The van der Waals surface area contributed by atoms with Crippen LogP contribution in [0.2, 0.25) is 0 Å². The predicted molar refractivity (Wildman–Crippen MR) is 108 cm³/mol. The molecule has 10 nitrogen and oxygen atoms in total. The van der Waals surface area contributed by atoms with Gasteiger partial charge >= 0.3 is 11.9 Å². The van der Waals surface area contributed by atoms with Crippen molar-refractivity contribution in [3.05, 3.63) is 29.8 Å². The van der Waals surface area contributed by atoms with Gasteiger partial charge in [-0.05, 0) is 31.0 Å². The van der Waals surface area contributed by atoms with Crippen LogP contribution in [-0.4, -0.2) is 52.0 Å². The minimum Gasteiger partial charge on any atom is -0.480 e. The van der Waals surface area contributed by atoms with Crippen molar-refractivity contribution in [1.82, 2.24) is 10.6 Å². The second-order valence-electron chi connectivity index (χ2n) is 7.37. The van der Waals surface area contributed by atoms with Crippen molar-refractivity contribution >= 4 is 35.3 Å². The highest BCUT2D eigenvalue weighted by Gasteiger charge is 2.24. The van der Waals surface area contributed by atoms with Crippen LogP contribution >= 0.6 is 0 Å². The van der Waals surface area contributed by atoms with E-state index in [4.69, 9.17) is 5.11 Å². The van der Waals surface area contributed by atoms with Crippen molar-refractivity contribution in [2.45, 2.75) is 52.1 Å². The molecule has 30 heavy (non-hydrogen) atoms. The largest absolute Gasteiger partial charge is 0.480 e. The molecule has 0 radical (unpaired) electrons. The quantitative estimate of drug-likeness (QED) is 0.359. The van der Waals surface area contributed by atoms with Crippen LogP contribution in [0.5, 0.6) is 0 Å². The molecule has 0 aliphatic heterocycles. The summed E-state index contributed by atoms with van der Waals surface area (Å²) in [5.41, 5.74) is 0.325. The molecular weight excluding hydrogens is 394 g/mol. The first-order chi connectivity index (χ1) is 14.0. The molecule has 0 saturated heterocycles. The maximum Gasteiger partial charge on any atom is 0.335 e. The number of carbonyl (C=O) groups excluding carboxylic acids is 3. The van der Waals surface area contributed by atoms with E-state index >= 15 is 0 Å². The number of aliphatic carboxylic acids is 1. The summed E-state index contributed by atoms with van der Waals surface area (Å²) in [4.78, 5) is 58.2. The number of benzene rings is 1. The van der Waals surface area contributed by atoms with Crippen LogP contribution in [0.3, 0.4) is 0 Å². The smallest absolute Gasteiger partial charge is 0.335 e. The lowest BCUT2D eigenvalue weighted by Crippen LogP contribution is -2.46. The topological polar surface area (TPSA) is 162 Å². The second kappa shape index (κ2) is 11.5. The SMILES string of the molecule is CC(C)CC(=O)NC(CC(=O)N[C@@H](C)CC(=O)Nc1cccc(C(=O)O)c1)C(=O)O. The standard InChI is InChI=1S/C20H27N3O7/c1-11(2)7-16(24)23-15(20(29)30)10-18(26)21-12(3)8-17(25)22-14-6-4-5-13(9-14)19(27)28/h4-6,9,11-12,15H,7-8,10H2,1-3H3,(H,21,26)(H,22,25)(H,23,24)(H,27,28)(H,29,30)/t12-,15?/m0/s1. The number of nitrogens with one attached hydrogen (secondary N) is 3. The van der Waals surface area contributed by atoms with Gasteiger partial charge in [0.25, 0.3) is 0 Å². The first-order valence-electron chi connectivity index (χ1n) is 9.42. The molecule has 0 aromatic heterocycles. The van der Waals surface area contributed by atoms with E-state index in [0.717, 1.165) is 0 Å². The first-order valence-corrected chi connectivity index (χ1v) is 9.42. The molecule has 1 aromatic rings. The Labute approximate surface area is 174 Å². The molecular formula is C20H27N3O7. The second-order valence-corrected chi connectivity index (χ2v) is 7.37. The molecule has 1 unspecified atom stereocenters. The van der Waals surface area contributed by atoms with E-state index in [-0.39, 0.29) is 24.3 Å². The third kappa shape index (κ3) is 9.18. The number of anilines is 1. The van der Waals surface area contributed by atoms with Crippen molar-refractivity contribution in [2.24, 2.45) is 5.92 Å². The molecule has 2 atom stereocenters. The lowest BCUT2D eigenvalue weighted by Gasteiger charge is -2.18. The Kier molecular flexibility index (Phi) is 9.47. The van der Waals surface area contributed by atoms with E-state index in [0.29, 0.717) is 5.69 Å². The van der Waals surface area contributed by atoms with Crippen LogP contribution < -0.4 is 16.0 Å². The Morgan fingerprint density at radius 3 is 2.07 bits per heavy atom. The van der Waals surface area contributed by atoms with Gasteiger partial charge in [-0.3, -0.25) is 14.4 Å². The normalized spacial score (nSPS) is 12.5. The lowest BCUT2D eigenvalue weighted by molar-refractivity contribution is -0.143. The Bertz CT molecular complexity index is 807. The van der Waals surface area contributed by atoms with E-state index in [1.165, 1.54) is 24.3 Å². The number of amides is 3. The van der Waals surface area contributed by atoms with Crippen LogP contribution in [0.15, 0.2) is 24.3 Å². The molecule has 5 N–H and O–H groups in total. The number of carboxylic acid groups (broad SMARTS) is 2. The van der Waals surface area contributed by atoms with Crippen LogP contribution in [0.25, 0.3) is 0 Å². The summed E-state index contributed by atoms with van der Waals surface area (Å²) in [6, 6.07) is 3.74. The first kappa shape index (κ1) is 24.6. The zero-order valence-electron chi connectivity index (χ0n) is 17.1. The molecule has 1 rings (SSSR count). The molecule has 0 aliphatic rings. The van der Waals surface area contributed by atoms with Gasteiger partial charge in [0.2, 0.25) is 17.7 Å². The average Bonchev–Trinajstić information content (AvgIpc) is 2.60. The summed E-state index contributed by atoms with van der Waals surface area (Å²) in [5.74, 6) is -3.94. The van der Waals surface area contributed by atoms with Gasteiger partial charge in [0.15, 0.2) is 0 Å². The van der Waals surface area contributed by atoms with Crippen LogP contribution in [-0.2, 0) is 19.2 Å². The fraction of sp³-hybridized carbons (Fsp3) is 0.450. The Morgan fingerprint density at radius 2 is 1.50 bits per heavy atom. The zero-order chi connectivity index (χ0) is 22.8. The number of carboxylic acids is 2. The molecule has 3 amide bonds. The van der Waals surface area contributed by atoms with Crippen LogP contribution in [0.4, 0.5) is 5.69 Å². The lowest BCUT2D eigenvalue weighted by atomic mass is 10.1. The fourth-order valence-electron chi connectivity index (χ4n) is 2.61. The van der Waals surface area contributed by atoms with Gasteiger partial charge in [0, 0.05) is 24.6 Å². The molecule has 10 heteroatoms. The minimum absolute atomic E-state index is 0.0216. The highest BCUT2D eigenvalue weighted by atomic mass is 16.4. The fourth-order valence-corrected chi connectivity index (χ4v) is 2.61. The molecule has 0 saturated carbocycles. The average molecular weight is 421 g/mol. The minimum atomic E-state index is -1.36. The van der Waals surface area contributed by atoms with Crippen LogP contribution in [0.1, 0.15) is 50.4 Å². The highest BCUT2D eigenvalue weighted by molar-refractivity contribution is 5.94. The maximum atomic E-state index is 12.1. The van der Waals surface area contributed by atoms with Crippen molar-refractivity contribution < 1.29 is 34.2 Å². The van der Waals surface area contributed by atoms with Gasteiger partial charge in [-0.25, -0.2) is 9.59 Å². The van der Waals surface area contributed by atoms with Crippen molar-refractivity contribution in [3.63, 3.8) is 0 Å². The zero-order valence-corrected chi connectivity index (χ0v) is 17.1. The van der Waals surface area contributed by atoms with E-state index < -0.39 is 48.2 Å². The number of carbonyl (C=O) groups is 5. The maximum absolute atomic E-state index is 12.1. The molecule has 164 valence electrons. The summed E-state index contributed by atoms with van der Waals surface area (Å²) in [6.45, 7) is 5.19. The third-order valence-electron chi connectivity index (χ3n) is 3.91. The summed E-state index contributed by atoms with van der Waals surface area (Å²) in [6.07, 6.45) is -0.433. The molecule has 0 spiro atoms. The number of aromatic carboxylic acids is 1. The van der Waals surface area contributed by atoms with E-state index in [9.17, 15) is 29.1 Å². The van der Waals surface area contributed by atoms with Gasteiger partial charge in [0.1, 0.15) is 6.04 Å². The highest BCUT2D eigenvalue weighted by Crippen LogP contribution is 2.11. The molecule has 0 heterocycles. The number of rotatable bonds is 11. The van der Waals surface area contributed by atoms with Gasteiger partial charge in [-0.15, -0.1) is 0 Å². The predicted octanol–water partition coefficient (Wildman–Crippen LogP) is 1.22. The van der Waals surface area contributed by atoms with Gasteiger partial charge in [-0.2, -0.15) is 0 Å². The molecule has 0 bridgehead atoms. The van der Waals surface area contributed by atoms with Gasteiger partial charge in [-0.1, -0.05) is 19.9 Å². The molecule has 0 aliphatic carbocycles. The third-order valence-corrected chi connectivity index (χ3v) is 3.91. The summed E-state index contributed by atoms with van der Waals surface area (Å²) >= 11 is 0. The summed E-state index contributed by atoms with van der Waals surface area (Å²) < 4.78 is 0. The number of hydrogen-bond acceptors (Lipinski definition) is 5. The summed E-state index contributed by atoms with van der Waals surface area (Å²) in [5, 5.41) is 25.5. The summed E-state index contributed by atoms with van der Waals surface area (Å²) in [7, 11) is 0. The van der Waals surface area contributed by atoms with Crippen molar-refractivity contribution in [3.8, 4) is 0 Å². The van der Waals surface area contributed by atoms with E-state index in [2.05, 4.69) is 16.0 Å². The van der Waals surface area contributed by atoms with E-state index in [1.54, 1.807) is 6.92 Å². The Balaban J connectivity index is 2.55. The number of hydrogen-bond donors (Lipinski definition) is 5. The Hall–Kier alpha value is -3.43. The van der Waals surface area contributed by atoms with Crippen molar-refractivity contribution in [2.75, 3.05) is 5.32 Å².